The molecule has 0 bridgehead atoms. The lowest BCUT2D eigenvalue weighted by Gasteiger charge is -2.39. The van der Waals surface area contributed by atoms with E-state index in [1.165, 1.54) is 7.11 Å². The lowest BCUT2D eigenvalue weighted by atomic mass is 9.66. The van der Waals surface area contributed by atoms with Gasteiger partial charge in [-0.2, -0.15) is 0 Å². The molecule has 1 aliphatic carbocycles. The van der Waals surface area contributed by atoms with Gasteiger partial charge in [-0.15, -0.1) is 0 Å². The van der Waals surface area contributed by atoms with E-state index in [-0.39, 0.29) is 28.7 Å². The highest BCUT2D eigenvalue weighted by Gasteiger charge is 2.46. The van der Waals surface area contributed by atoms with Gasteiger partial charge in [-0.1, -0.05) is 26.0 Å². The topological polar surface area (TPSA) is 65.0 Å². The van der Waals surface area contributed by atoms with Crippen LogP contribution in [0.25, 0.3) is 0 Å². The maximum Gasteiger partial charge on any atom is 0.315 e. The maximum absolute atomic E-state index is 13.3. The van der Waals surface area contributed by atoms with Crippen molar-refractivity contribution >= 4 is 17.5 Å². The molecule has 0 amide bonds. The summed E-state index contributed by atoms with van der Waals surface area (Å²) in [5.74, 6) is -0.324. The zero-order valence-corrected chi connectivity index (χ0v) is 18.8. The summed E-state index contributed by atoms with van der Waals surface area (Å²) in [5.41, 5.74) is 4.01. The summed E-state index contributed by atoms with van der Waals surface area (Å²) in [7, 11) is 1.39. The van der Waals surface area contributed by atoms with Gasteiger partial charge in [0.25, 0.3) is 0 Å². The number of rotatable bonds is 2. The van der Waals surface area contributed by atoms with Gasteiger partial charge in [-0.05, 0) is 62.6 Å². The fraction of sp³-hybridized carbons (Fsp3) is 0.560. The van der Waals surface area contributed by atoms with E-state index in [0.717, 1.165) is 41.8 Å². The molecule has 4 rings (SSSR count). The standard InChI is InChI=1S/C25H31NO4/c1-14-20(23(28)29-6)21(22-17(26-14)12-24(2,3)13-18(22)27)16-7-8-19-15(11-16)9-10-25(4,5)30-19/h7-8,11,20-21H,9-10,12-13H2,1-6H3/t20?,21-/m1/s1. The molecule has 0 spiro atoms. The molecule has 1 unspecified atom stereocenters. The summed E-state index contributed by atoms with van der Waals surface area (Å²) in [6.45, 7) is 10.3. The van der Waals surface area contributed by atoms with E-state index in [4.69, 9.17) is 14.5 Å². The van der Waals surface area contributed by atoms with Crippen LogP contribution in [0.5, 0.6) is 5.75 Å². The van der Waals surface area contributed by atoms with Crippen molar-refractivity contribution in [1.29, 1.82) is 0 Å². The number of aryl methyl sites for hydroxylation is 1. The van der Waals surface area contributed by atoms with Gasteiger partial charge in [0.1, 0.15) is 17.3 Å². The number of allylic oxidation sites excluding steroid dienone is 2. The molecule has 0 fully saturated rings. The number of fused-ring (bicyclic) bond motifs is 1. The predicted octanol–water partition coefficient (Wildman–Crippen LogP) is 4.78. The highest BCUT2D eigenvalue weighted by atomic mass is 16.5. The minimum absolute atomic E-state index is 0.0894. The average molecular weight is 410 g/mol. The summed E-state index contributed by atoms with van der Waals surface area (Å²) in [4.78, 5) is 30.8. The number of hydrogen-bond acceptors (Lipinski definition) is 5. The number of methoxy groups -OCH3 is 1. The Morgan fingerprint density at radius 2 is 1.93 bits per heavy atom. The van der Waals surface area contributed by atoms with E-state index in [0.29, 0.717) is 17.7 Å². The van der Waals surface area contributed by atoms with Gasteiger partial charge in [-0.3, -0.25) is 14.6 Å². The predicted molar refractivity (Wildman–Crippen MR) is 116 cm³/mol. The summed E-state index contributed by atoms with van der Waals surface area (Å²) in [6.07, 6.45) is 3.03. The highest BCUT2D eigenvalue weighted by Crippen LogP contribution is 2.48. The third-order valence-electron chi connectivity index (χ3n) is 6.58. The number of ether oxygens (including phenoxy) is 2. The summed E-state index contributed by atoms with van der Waals surface area (Å²) < 4.78 is 11.3. The molecule has 0 radical (unpaired) electrons. The lowest BCUT2D eigenvalue weighted by molar-refractivity contribution is -0.143. The molecule has 1 aromatic carbocycles. The van der Waals surface area contributed by atoms with Gasteiger partial charge in [-0.25, -0.2) is 0 Å². The molecule has 3 aliphatic rings. The van der Waals surface area contributed by atoms with Crippen molar-refractivity contribution in [2.24, 2.45) is 16.3 Å². The van der Waals surface area contributed by atoms with Crippen molar-refractivity contribution in [3.63, 3.8) is 0 Å². The number of aliphatic imine (C=N–C) groups is 1. The number of esters is 1. The van der Waals surface area contributed by atoms with Gasteiger partial charge < -0.3 is 9.47 Å². The molecule has 0 aromatic heterocycles. The Kier molecular flexibility index (Phi) is 4.91. The lowest BCUT2D eigenvalue weighted by Crippen LogP contribution is -2.39. The first kappa shape index (κ1) is 20.8. The van der Waals surface area contributed by atoms with E-state index in [1.807, 2.05) is 19.1 Å². The quantitative estimate of drug-likeness (QED) is 0.660. The number of carbonyl (C=O) groups is 2. The van der Waals surface area contributed by atoms with Gasteiger partial charge in [0, 0.05) is 29.3 Å². The molecule has 160 valence electrons. The van der Waals surface area contributed by atoms with Crippen LogP contribution in [0.1, 0.15) is 70.9 Å². The second-order valence-electron chi connectivity index (χ2n) is 10.3. The van der Waals surface area contributed by atoms with Crippen LogP contribution in [-0.4, -0.2) is 30.2 Å². The normalized spacial score (nSPS) is 26.9. The fourth-order valence-electron chi connectivity index (χ4n) is 5.11. The molecule has 0 saturated heterocycles. The van der Waals surface area contributed by atoms with Crippen LogP contribution in [0.3, 0.4) is 0 Å². The first-order valence-corrected chi connectivity index (χ1v) is 10.7. The Morgan fingerprint density at radius 3 is 2.63 bits per heavy atom. The number of nitrogens with zero attached hydrogens (tertiary/aromatic N) is 1. The SMILES string of the molecule is COC(=O)C1C(C)=NC2=C(C(=O)CC(C)(C)C2)[C@@H]1c1ccc2c(c1)CCC(C)(C)O2. The second kappa shape index (κ2) is 7.07. The summed E-state index contributed by atoms with van der Waals surface area (Å²) >= 11 is 0. The number of hydrogen-bond donors (Lipinski definition) is 0. The van der Waals surface area contributed by atoms with Crippen molar-refractivity contribution in [2.45, 2.75) is 71.8 Å². The summed E-state index contributed by atoms with van der Waals surface area (Å²) in [5, 5.41) is 0. The van der Waals surface area contributed by atoms with Crippen LogP contribution >= 0.6 is 0 Å². The molecule has 1 aromatic rings. The number of ketones is 1. The van der Waals surface area contributed by atoms with E-state index in [2.05, 4.69) is 33.8 Å². The zero-order valence-electron chi connectivity index (χ0n) is 18.8. The van der Waals surface area contributed by atoms with Crippen molar-refractivity contribution in [2.75, 3.05) is 7.11 Å². The molecular weight excluding hydrogens is 378 g/mol. The molecule has 2 atom stereocenters. The molecule has 0 N–H and O–H groups in total. The van der Waals surface area contributed by atoms with Crippen molar-refractivity contribution in [3.05, 3.63) is 40.6 Å². The van der Waals surface area contributed by atoms with E-state index < -0.39 is 5.92 Å². The van der Waals surface area contributed by atoms with Crippen LogP contribution in [0.4, 0.5) is 0 Å². The van der Waals surface area contributed by atoms with Gasteiger partial charge in [0.2, 0.25) is 0 Å². The van der Waals surface area contributed by atoms with Crippen LogP contribution in [0.15, 0.2) is 34.5 Å². The zero-order chi connectivity index (χ0) is 21.8. The summed E-state index contributed by atoms with van der Waals surface area (Å²) in [6, 6.07) is 6.09. The maximum atomic E-state index is 13.3. The van der Waals surface area contributed by atoms with Crippen LogP contribution in [-0.2, 0) is 20.7 Å². The highest BCUT2D eigenvalue weighted by molar-refractivity contribution is 6.09. The smallest absolute Gasteiger partial charge is 0.315 e. The molecule has 2 aliphatic heterocycles. The van der Waals surface area contributed by atoms with Gasteiger partial charge >= 0.3 is 5.97 Å². The van der Waals surface area contributed by atoms with Crippen LogP contribution < -0.4 is 4.74 Å². The molecule has 5 heteroatoms. The van der Waals surface area contributed by atoms with Crippen LogP contribution in [0, 0.1) is 11.3 Å². The monoisotopic (exact) mass is 409 g/mol. The van der Waals surface area contributed by atoms with Gasteiger partial charge in [0.05, 0.1) is 7.11 Å². The molecule has 2 heterocycles. The van der Waals surface area contributed by atoms with Crippen molar-refractivity contribution in [1.82, 2.24) is 0 Å². The average Bonchev–Trinajstić information content (AvgIpc) is 2.64. The number of Topliss-reactive ketones (excluding diaryl/α,β-unsaturated/α-hetero) is 1. The minimum Gasteiger partial charge on any atom is -0.488 e. The Balaban J connectivity index is 1.84. The second-order valence-corrected chi connectivity index (χ2v) is 10.3. The number of benzene rings is 1. The van der Waals surface area contributed by atoms with Crippen molar-refractivity contribution in [3.8, 4) is 5.75 Å². The fourth-order valence-corrected chi connectivity index (χ4v) is 5.11. The molecule has 0 saturated carbocycles. The minimum atomic E-state index is -0.585. The van der Waals surface area contributed by atoms with E-state index >= 15 is 0 Å². The Morgan fingerprint density at radius 1 is 1.20 bits per heavy atom. The van der Waals surface area contributed by atoms with E-state index in [1.54, 1.807) is 0 Å². The number of carbonyl (C=O) groups excluding carboxylic acids is 2. The van der Waals surface area contributed by atoms with Gasteiger partial charge in [0.15, 0.2) is 5.78 Å². The first-order valence-electron chi connectivity index (χ1n) is 10.7. The van der Waals surface area contributed by atoms with E-state index in [9.17, 15) is 9.59 Å². The van der Waals surface area contributed by atoms with Crippen LogP contribution in [0.2, 0.25) is 0 Å². The molecule has 5 nitrogen and oxygen atoms in total. The Hall–Kier alpha value is -2.43. The Labute approximate surface area is 178 Å². The molecular formula is C25H31NO4. The molecule has 30 heavy (non-hydrogen) atoms. The Bertz CT molecular complexity index is 983. The third-order valence-corrected chi connectivity index (χ3v) is 6.58. The first-order chi connectivity index (χ1) is 14.0. The van der Waals surface area contributed by atoms with Crippen molar-refractivity contribution < 1.29 is 19.1 Å². The largest absolute Gasteiger partial charge is 0.488 e. The third kappa shape index (κ3) is 3.59.